The molecule has 5 heteroatoms. The molecule has 0 aliphatic carbocycles. The molecule has 122 valence electrons. The van der Waals surface area contributed by atoms with Crippen LogP contribution < -0.4 is 10.1 Å². The zero-order chi connectivity index (χ0) is 16.9. The van der Waals surface area contributed by atoms with Gasteiger partial charge < -0.3 is 10.1 Å². The van der Waals surface area contributed by atoms with Crippen molar-refractivity contribution in [3.63, 3.8) is 0 Å². The van der Waals surface area contributed by atoms with Gasteiger partial charge in [0.25, 0.3) is 5.91 Å². The molecule has 0 spiro atoms. The average molecular weight is 321 g/mol. The van der Waals surface area contributed by atoms with Gasteiger partial charge in [0.2, 0.25) is 0 Å². The summed E-state index contributed by atoms with van der Waals surface area (Å²) in [5.74, 6) is 0.544. The van der Waals surface area contributed by atoms with Gasteiger partial charge in [-0.15, -0.1) is 0 Å². The summed E-state index contributed by atoms with van der Waals surface area (Å²) in [5.41, 5.74) is 1.84. The largest absolute Gasteiger partial charge is 0.491 e. The predicted octanol–water partition coefficient (Wildman–Crippen LogP) is 3.35. The molecule has 0 unspecified atom stereocenters. The fourth-order valence-corrected chi connectivity index (χ4v) is 2.36. The first kappa shape index (κ1) is 15.9. The molecule has 24 heavy (non-hydrogen) atoms. The third-order valence-electron chi connectivity index (χ3n) is 3.47. The third kappa shape index (κ3) is 3.68. The van der Waals surface area contributed by atoms with Gasteiger partial charge in [0.15, 0.2) is 5.65 Å². The van der Waals surface area contributed by atoms with Gasteiger partial charge in [-0.2, -0.15) is 0 Å². The molecule has 3 rings (SSSR count). The molecule has 1 N–H and O–H groups in total. The number of para-hydroxylation sites is 1. The number of aromatic nitrogens is 2. The zero-order valence-corrected chi connectivity index (χ0v) is 13.7. The van der Waals surface area contributed by atoms with E-state index in [2.05, 4.69) is 15.3 Å². The van der Waals surface area contributed by atoms with Gasteiger partial charge in [-0.05, 0) is 44.2 Å². The number of amides is 1. The number of rotatable bonds is 5. The van der Waals surface area contributed by atoms with E-state index in [1.54, 1.807) is 12.3 Å². The first-order valence-corrected chi connectivity index (χ1v) is 7.88. The van der Waals surface area contributed by atoms with Crippen LogP contribution in [0.4, 0.5) is 0 Å². The summed E-state index contributed by atoms with van der Waals surface area (Å²) in [6.07, 6.45) is 1.74. The van der Waals surface area contributed by atoms with E-state index in [1.165, 1.54) is 0 Å². The van der Waals surface area contributed by atoms with Gasteiger partial charge in [-0.1, -0.05) is 18.2 Å². The highest BCUT2D eigenvalue weighted by Gasteiger charge is 2.10. The van der Waals surface area contributed by atoms with Crippen LogP contribution in [-0.4, -0.2) is 22.0 Å². The van der Waals surface area contributed by atoms with Crippen molar-refractivity contribution in [1.29, 1.82) is 0 Å². The number of hydrogen-bond acceptors (Lipinski definition) is 4. The van der Waals surface area contributed by atoms with E-state index in [0.29, 0.717) is 17.9 Å². The molecular weight excluding hydrogens is 302 g/mol. The lowest BCUT2D eigenvalue weighted by Crippen LogP contribution is -2.24. The molecule has 0 saturated carbocycles. The number of carbonyl (C=O) groups is 1. The lowest BCUT2D eigenvalue weighted by Gasteiger charge is -2.14. The fourth-order valence-electron chi connectivity index (χ4n) is 2.36. The van der Waals surface area contributed by atoms with Crippen molar-refractivity contribution in [3.8, 4) is 5.75 Å². The van der Waals surface area contributed by atoms with Crippen LogP contribution in [0.25, 0.3) is 11.0 Å². The van der Waals surface area contributed by atoms with Crippen LogP contribution in [0.5, 0.6) is 5.75 Å². The van der Waals surface area contributed by atoms with Gasteiger partial charge in [0.1, 0.15) is 11.4 Å². The fraction of sp³-hybridized carbons (Fsp3) is 0.211. The Balaban J connectivity index is 1.73. The topological polar surface area (TPSA) is 64.1 Å². The lowest BCUT2D eigenvalue weighted by molar-refractivity contribution is 0.0946. The second-order valence-electron chi connectivity index (χ2n) is 5.70. The number of benzene rings is 1. The molecule has 2 heterocycles. The van der Waals surface area contributed by atoms with Gasteiger partial charge >= 0.3 is 0 Å². The van der Waals surface area contributed by atoms with Gasteiger partial charge in [-0.25, -0.2) is 9.97 Å². The Bertz CT molecular complexity index is 862. The minimum absolute atomic E-state index is 0.0788. The molecule has 1 aromatic carbocycles. The number of nitrogens with zero attached hydrogens (tertiary/aromatic N) is 2. The molecular formula is C19H19N3O2. The summed E-state index contributed by atoms with van der Waals surface area (Å²) in [6.45, 7) is 4.33. The van der Waals surface area contributed by atoms with Gasteiger partial charge in [-0.3, -0.25) is 4.79 Å². The molecule has 5 nitrogen and oxygen atoms in total. The highest BCUT2D eigenvalue weighted by molar-refractivity contribution is 5.94. The first-order valence-electron chi connectivity index (χ1n) is 7.88. The molecule has 0 atom stereocenters. The monoisotopic (exact) mass is 321 g/mol. The van der Waals surface area contributed by atoms with E-state index >= 15 is 0 Å². The quantitative estimate of drug-likeness (QED) is 0.783. The van der Waals surface area contributed by atoms with E-state index in [0.717, 1.165) is 16.7 Å². The Kier molecular flexibility index (Phi) is 4.70. The van der Waals surface area contributed by atoms with Gasteiger partial charge in [0.05, 0.1) is 6.10 Å². The van der Waals surface area contributed by atoms with Crippen molar-refractivity contribution in [1.82, 2.24) is 15.3 Å². The minimum atomic E-state index is -0.234. The summed E-state index contributed by atoms with van der Waals surface area (Å²) >= 11 is 0. The van der Waals surface area contributed by atoms with Gasteiger partial charge in [0, 0.05) is 23.7 Å². The molecule has 0 radical (unpaired) electrons. The first-order chi connectivity index (χ1) is 11.6. The number of fused-ring (bicyclic) bond motifs is 1. The van der Waals surface area contributed by atoms with Crippen LogP contribution in [0.1, 0.15) is 29.9 Å². The number of pyridine rings is 2. The van der Waals surface area contributed by atoms with Crippen molar-refractivity contribution in [2.75, 3.05) is 0 Å². The van der Waals surface area contributed by atoms with Crippen molar-refractivity contribution in [2.45, 2.75) is 26.5 Å². The molecule has 3 aromatic rings. The summed E-state index contributed by atoms with van der Waals surface area (Å²) in [6, 6.07) is 15.0. The Morgan fingerprint density at radius 1 is 1.12 bits per heavy atom. The number of carbonyl (C=O) groups excluding carboxylic acids is 1. The van der Waals surface area contributed by atoms with E-state index < -0.39 is 0 Å². The average Bonchev–Trinajstić information content (AvgIpc) is 2.60. The summed E-state index contributed by atoms with van der Waals surface area (Å²) in [7, 11) is 0. The molecule has 0 aliphatic rings. The zero-order valence-electron chi connectivity index (χ0n) is 13.7. The van der Waals surface area contributed by atoms with Crippen LogP contribution in [0, 0.1) is 0 Å². The summed E-state index contributed by atoms with van der Waals surface area (Å²) in [4.78, 5) is 20.8. The SMILES string of the molecule is CC(C)Oc1ccccc1CNC(=O)c1ccc2cccnc2n1. The Morgan fingerprint density at radius 2 is 1.96 bits per heavy atom. The maximum atomic E-state index is 12.4. The Labute approximate surface area is 140 Å². The summed E-state index contributed by atoms with van der Waals surface area (Å²) < 4.78 is 5.76. The van der Waals surface area contributed by atoms with Crippen LogP contribution >= 0.6 is 0 Å². The second kappa shape index (κ2) is 7.08. The van der Waals surface area contributed by atoms with Crippen molar-refractivity contribution < 1.29 is 9.53 Å². The van der Waals surface area contributed by atoms with Crippen LogP contribution in [0.2, 0.25) is 0 Å². The van der Waals surface area contributed by atoms with Crippen molar-refractivity contribution in [3.05, 3.63) is 66.0 Å². The second-order valence-corrected chi connectivity index (χ2v) is 5.70. The highest BCUT2D eigenvalue weighted by atomic mass is 16.5. The van der Waals surface area contributed by atoms with Crippen molar-refractivity contribution >= 4 is 16.9 Å². The molecule has 2 aromatic heterocycles. The molecule has 0 bridgehead atoms. The smallest absolute Gasteiger partial charge is 0.270 e. The van der Waals surface area contributed by atoms with E-state index in [9.17, 15) is 4.79 Å². The predicted molar refractivity (Wildman–Crippen MR) is 92.9 cm³/mol. The molecule has 0 fully saturated rings. The maximum absolute atomic E-state index is 12.4. The van der Waals surface area contributed by atoms with E-state index in [1.807, 2.05) is 56.3 Å². The summed E-state index contributed by atoms with van der Waals surface area (Å²) in [5, 5.41) is 3.79. The third-order valence-corrected chi connectivity index (χ3v) is 3.47. The van der Waals surface area contributed by atoms with E-state index in [4.69, 9.17) is 4.74 Å². The number of ether oxygens (including phenoxy) is 1. The molecule has 0 aliphatic heterocycles. The normalized spacial score (nSPS) is 10.8. The number of nitrogens with one attached hydrogen (secondary N) is 1. The van der Waals surface area contributed by atoms with Crippen molar-refractivity contribution in [2.24, 2.45) is 0 Å². The molecule has 0 saturated heterocycles. The number of hydrogen-bond donors (Lipinski definition) is 1. The lowest BCUT2D eigenvalue weighted by atomic mass is 10.2. The van der Waals surface area contributed by atoms with Crippen LogP contribution in [0.15, 0.2) is 54.7 Å². The maximum Gasteiger partial charge on any atom is 0.270 e. The van der Waals surface area contributed by atoms with Crippen LogP contribution in [-0.2, 0) is 6.54 Å². The standard InChI is InChI=1S/C19H19N3O2/c1-13(2)24-17-8-4-3-6-15(17)12-21-19(23)16-10-9-14-7-5-11-20-18(14)22-16/h3-11,13H,12H2,1-2H3,(H,21,23). The molecule has 1 amide bonds. The minimum Gasteiger partial charge on any atom is -0.491 e. The Morgan fingerprint density at radius 3 is 2.79 bits per heavy atom. The Hall–Kier alpha value is -2.95. The highest BCUT2D eigenvalue weighted by Crippen LogP contribution is 2.19. The van der Waals surface area contributed by atoms with E-state index in [-0.39, 0.29) is 12.0 Å². The van der Waals surface area contributed by atoms with Crippen LogP contribution in [0.3, 0.4) is 0 Å².